The van der Waals surface area contributed by atoms with Gasteiger partial charge < -0.3 is 0 Å². The van der Waals surface area contributed by atoms with Crippen molar-refractivity contribution in [2.45, 2.75) is 18.8 Å². The van der Waals surface area contributed by atoms with Crippen molar-refractivity contribution in [3.63, 3.8) is 0 Å². The highest BCUT2D eigenvalue weighted by Gasteiger charge is 2.29. The van der Waals surface area contributed by atoms with Gasteiger partial charge in [0.15, 0.2) is 0 Å². The minimum absolute atomic E-state index is 0.0920. The Morgan fingerprint density at radius 3 is 1.85 bits per heavy atom. The first-order valence-corrected chi connectivity index (χ1v) is 18.8. The quantitative estimate of drug-likeness (QED) is 0.160. The van der Waals surface area contributed by atoms with Crippen LogP contribution in [-0.2, 0) is 12.8 Å². The summed E-state index contributed by atoms with van der Waals surface area (Å²) in [4.78, 5) is 0. The molecule has 0 aliphatic heterocycles. The van der Waals surface area contributed by atoms with Gasteiger partial charge in [-0.3, -0.25) is 0 Å². The third kappa shape index (κ3) is 4.83. The van der Waals surface area contributed by atoms with Crippen LogP contribution in [0.1, 0.15) is 44.9 Å². The number of hydrogen-bond acceptors (Lipinski definition) is 0. The first-order valence-electron chi connectivity index (χ1n) is 18.8. The lowest BCUT2D eigenvalue weighted by Gasteiger charge is -2.22. The molecule has 9 aromatic rings. The minimum atomic E-state index is 0.0920. The molecule has 0 nitrogen and oxygen atoms in total. The fraction of sp³-hybridized carbons (Fsp3) is 0.0566. The monoisotopic (exact) mass is 672 g/mol. The highest BCUT2D eigenvalue weighted by atomic mass is 14.3. The topological polar surface area (TPSA) is 0 Å². The largest absolute Gasteiger partial charge is 0.0622 e. The van der Waals surface area contributed by atoms with Gasteiger partial charge >= 0.3 is 0 Å². The molecular weight excluding hydrogens is 637 g/mol. The molecule has 11 rings (SSSR count). The molecule has 0 fully saturated rings. The third-order valence-corrected chi connectivity index (χ3v) is 11.9. The molecule has 2 aliphatic rings. The van der Waals surface area contributed by atoms with E-state index in [1.165, 1.54) is 105 Å². The van der Waals surface area contributed by atoms with Crippen LogP contribution >= 0.6 is 0 Å². The lowest BCUT2D eigenvalue weighted by atomic mass is 9.81. The molecule has 0 radical (unpaired) electrons. The van der Waals surface area contributed by atoms with E-state index in [2.05, 4.69) is 188 Å². The van der Waals surface area contributed by atoms with Gasteiger partial charge in [-0.05, 0) is 124 Å². The van der Waals surface area contributed by atoms with Crippen molar-refractivity contribution in [2.75, 3.05) is 0 Å². The molecule has 248 valence electrons. The van der Waals surface area contributed by atoms with Gasteiger partial charge in [-0.2, -0.15) is 0 Å². The van der Waals surface area contributed by atoms with Crippen molar-refractivity contribution in [3.8, 4) is 44.5 Å². The summed E-state index contributed by atoms with van der Waals surface area (Å²) in [5.41, 5.74) is 20.5. The van der Waals surface area contributed by atoms with Crippen LogP contribution in [0.5, 0.6) is 0 Å². The molecule has 0 spiro atoms. The summed E-state index contributed by atoms with van der Waals surface area (Å²) in [5, 5.41) is 5.23. The molecule has 1 atom stereocenters. The van der Waals surface area contributed by atoms with Gasteiger partial charge in [0.05, 0.1) is 0 Å². The SMILES string of the molecule is c1ccc(-c2ccc(C(c3ccc4c(c3)Cc3c-4cc4ccccc4c3-c3cccc4c3Cc3ccccc3-4)c3cccc4ccccc34)cc2)cc1. The maximum Gasteiger partial charge on any atom is 0.0346 e. The summed E-state index contributed by atoms with van der Waals surface area (Å²) < 4.78 is 0. The molecule has 0 N–H and O–H groups in total. The van der Waals surface area contributed by atoms with Gasteiger partial charge in [0, 0.05) is 5.92 Å². The normalized spacial score (nSPS) is 13.1. The molecule has 2 aliphatic carbocycles. The van der Waals surface area contributed by atoms with Crippen LogP contribution in [-0.4, -0.2) is 0 Å². The second-order valence-electron chi connectivity index (χ2n) is 14.7. The molecule has 0 heteroatoms. The summed E-state index contributed by atoms with van der Waals surface area (Å²) in [5.74, 6) is 0.0920. The molecule has 9 aromatic carbocycles. The van der Waals surface area contributed by atoms with Gasteiger partial charge in [-0.15, -0.1) is 0 Å². The van der Waals surface area contributed by atoms with Crippen LogP contribution in [0.25, 0.3) is 66.1 Å². The Kier molecular flexibility index (Phi) is 6.85. The Hall–Kier alpha value is -6.50. The van der Waals surface area contributed by atoms with Gasteiger partial charge in [0.25, 0.3) is 0 Å². The number of benzene rings is 9. The van der Waals surface area contributed by atoms with E-state index in [4.69, 9.17) is 0 Å². The van der Waals surface area contributed by atoms with Crippen LogP contribution in [0.3, 0.4) is 0 Å². The highest BCUT2D eigenvalue weighted by Crippen LogP contribution is 2.50. The van der Waals surface area contributed by atoms with E-state index in [1.54, 1.807) is 0 Å². The standard InChI is InChI=1S/C53H36/c1-2-12-34(13-3-1)35-24-26-37(27-25-35)52(47-22-10-17-36-14-4-7-18-42(36)47)40-28-29-44-41(30-40)33-51-49(44)32-39-16-6-9-20-45(39)53(51)48-23-11-21-46-43-19-8-5-15-38(43)31-50(46)48/h1-30,32,52H,31,33H2. The third-order valence-electron chi connectivity index (χ3n) is 11.9. The van der Waals surface area contributed by atoms with Crippen molar-refractivity contribution in [1.82, 2.24) is 0 Å². The molecule has 53 heavy (non-hydrogen) atoms. The Labute approximate surface area is 310 Å². The predicted molar refractivity (Wildman–Crippen MR) is 223 cm³/mol. The van der Waals surface area contributed by atoms with E-state index in [0.29, 0.717) is 0 Å². The van der Waals surface area contributed by atoms with Gasteiger partial charge in [0.2, 0.25) is 0 Å². The van der Waals surface area contributed by atoms with Gasteiger partial charge in [-0.1, -0.05) is 182 Å². The zero-order valence-electron chi connectivity index (χ0n) is 29.4. The van der Waals surface area contributed by atoms with Crippen molar-refractivity contribution >= 4 is 21.5 Å². The first kappa shape index (κ1) is 30.2. The Bertz CT molecular complexity index is 2870. The van der Waals surface area contributed by atoms with Crippen LogP contribution in [0.4, 0.5) is 0 Å². The summed E-state index contributed by atoms with van der Waals surface area (Å²) in [6.45, 7) is 0. The Morgan fingerprint density at radius 1 is 0.340 bits per heavy atom. The van der Waals surface area contributed by atoms with E-state index in [1.807, 2.05) is 0 Å². The lowest BCUT2D eigenvalue weighted by Crippen LogP contribution is -2.05. The van der Waals surface area contributed by atoms with E-state index < -0.39 is 0 Å². The predicted octanol–water partition coefficient (Wildman–Crippen LogP) is 13.6. The van der Waals surface area contributed by atoms with Gasteiger partial charge in [-0.25, -0.2) is 0 Å². The van der Waals surface area contributed by atoms with Crippen LogP contribution in [0.2, 0.25) is 0 Å². The Balaban J connectivity index is 1.07. The lowest BCUT2D eigenvalue weighted by molar-refractivity contribution is 0.985. The fourth-order valence-corrected chi connectivity index (χ4v) is 9.46. The maximum atomic E-state index is 2.52. The molecule has 0 saturated heterocycles. The molecule has 0 aromatic heterocycles. The second-order valence-corrected chi connectivity index (χ2v) is 14.7. The average molecular weight is 673 g/mol. The molecule has 0 saturated carbocycles. The molecule has 0 amide bonds. The average Bonchev–Trinajstić information content (AvgIpc) is 3.79. The Morgan fingerprint density at radius 2 is 0.962 bits per heavy atom. The maximum absolute atomic E-state index is 2.52. The molecule has 0 heterocycles. The van der Waals surface area contributed by atoms with E-state index in [0.717, 1.165) is 12.8 Å². The van der Waals surface area contributed by atoms with Crippen molar-refractivity contribution < 1.29 is 0 Å². The summed E-state index contributed by atoms with van der Waals surface area (Å²) in [6, 6.07) is 70.3. The highest BCUT2D eigenvalue weighted by molar-refractivity contribution is 6.06. The second kappa shape index (κ2) is 12.0. The van der Waals surface area contributed by atoms with Crippen LogP contribution in [0, 0.1) is 0 Å². The molecule has 1 unspecified atom stereocenters. The smallest absolute Gasteiger partial charge is 0.0346 e. The zero-order chi connectivity index (χ0) is 34.9. The number of fused-ring (bicyclic) bond motifs is 8. The van der Waals surface area contributed by atoms with Crippen molar-refractivity contribution in [2.24, 2.45) is 0 Å². The van der Waals surface area contributed by atoms with Crippen LogP contribution in [0.15, 0.2) is 188 Å². The first-order chi connectivity index (χ1) is 26.3. The van der Waals surface area contributed by atoms with Gasteiger partial charge in [0.1, 0.15) is 0 Å². The van der Waals surface area contributed by atoms with Crippen molar-refractivity contribution in [1.29, 1.82) is 0 Å². The molecular formula is C53H36. The number of hydrogen-bond donors (Lipinski definition) is 0. The fourth-order valence-electron chi connectivity index (χ4n) is 9.46. The summed E-state index contributed by atoms with van der Waals surface area (Å²) in [7, 11) is 0. The summed E-state index contributed by atoms with van der Waals surface area (Å²) >= 11 is 0. The van der Waals surface area contributed by atoms with E-state index in [9.17, 15) is 0 Å². The summed E-state index contributed by atoms with van der Waals surface area (Å²) in [6.07, 6.45) is 1.90. The van der Waals surface area contributed by atoms with E-state index >= 15 is 0 Å². The zero-order valence-corrected chi connectivity index (χ0v) is 29.4. The van der Waals surface area contributed by atoms with E-state index in [-0.39, 0.29) is 5.92 Å². The van der Waals surface area contributed by atoms with Crippen LogP contribution < -0.4 is 0 Å². The minimum Gasteiger partial charge on any atom is -0.0622 e. The van der Waals surface area contributed by atoms with Crippen molar-refractivity contribution in [3.05, 3.63) is 227 Å². The number of rotatable bonds is 5. The molecule has 0 bridgehead atoms.